The molecule has 0 unspecified atom stereocenters. The van der Waals surface area contributed by atoms with Gasteiger partial charge in [0.25, 0.3) is 0 Å². The number of hydrogen-bond donors (Lipinski definition) is 0. The number of carbonyl (C=O) groups is 1. The van der Waals surface area contributed by atoms with E-state index in [2.05, 4.69) is 15.1 Å². The highest BCUT2D eigenvalue weighted by molar-refractivity contribution is 5.78. The zero-order valence-electron chi connectivity index (χ0n) is 16.8. The minimum atomic E-state index is -0.280. The van der Waals surface area contributed by atoms with Gasteiger partial charge in [-0.25, -0.2) is 9.97 Å². The van der Waals surface area contributed by atoms with Gasteiger partial charge in [-0.05, 0) is 6.42 Å². The summed E-state index contributed by atoms with van der Waals surface area (Å²) in [6.07, 6.45) is 2.81. The average Bonchev–Trinajstić information content (AvgIpc) is 3.30. The van der Waals surface area contributed by atoms with E-state index in [1.807, 2.05) is 43.9 Å². The monoisotopic (exact) mass is 386 g/mol. The van der Waals surface area contributed by atoms with Crippen molar-refractivity contribution in [3.8, 4) is 0 Å². The van der Waals surface area contributed by atoms with E-state index in [0.717, 1.165) is 17.7 Å². The normalized spacial score (nSPS) is 21.4. The van der Waals surface area contributed by atoms with E-state index in [1.54, 1.807) is 0 Å². The van der Waals surface area contributed by atoms with Gasteiger partial charge in [-0.3, -0.25) is 4.79 Å². The molecule has 1 fully saturated rings. The van der Waals surface area contributed by atoms with E-state index < -0.39 is 0 Å². The Morgan fingerprint density at radius 1 is 1.36 bits per heavy atom. The molecule has 150 valence electrons. The molecule has 0 aliphatic carbocycles. The average molecular weight is 386 g/mol. The highest BCUT2D eigenvalue weighted by Crippen LogP contribution is 2.39. The van der Waals surface area contributed by atoms with Crippen LogP contribution in [-0.4, -0.2) is 64.7 Å². The highest BCUT2D eigenvalue weighted by Gasteiger charge is 2.46. The van der Waals surface area contributed by atoms with Crippen molar-refractivity contribution in [2.24, 2.45) is 0 Å². The van der Waals surface area contributed by atoms with Crippen molar-refractivity contribution in [3.63, 3.8) is 0 Å². The standard InChI is InChI=1S/C19H26N6O3/c1-12(2)17-21-14(23-28-17)7-15(26)25-6-5-19(10-25)11-27-9-13-8-20-18(24(3)4)22-16(13)19/h8,12H,5-7,9-11H2,1-4H3/t19-/m0/s1. The number of carbonyl (C=O) groups excluding carboxylic acids is 1. The predicted octanol–water partition coefficient (Wildman–Crippen LogP) is 1.29. The molecule has 0 aromatic carbocycles. The fourth-order valence-corrected chi connectivity index (χ4v) is 3.82. The number of rotatable bonds is 4. The smallest absolute Gasteiger partial charge is 0.230 e. The Morgan fingerprint density at radius 3 is 2.89 bits per heavy atom. The summed E-state index contributed by atoms with van der Waals surface area (Å²) in [5.74, 6) is 1.82. The second-order valence-corrected chi connectivity index (χ2v) is 8.16. The van der Waals surface area contributed by atoms with E-state index in [1.165, 1.54) is 0 Å². The molecule has 0 saturated carbocycles. The van der Waals surface area contributed by atoms with Crippen LogP contribution in [0.4, 0.5) is 5.95 Å². The van der Waals surface area contributed by atoms with Crippen LogP contribution in [-0.2, 0) is 28.0 Å². The maximum Gasteiger partial charge on any atom is 0.230 e. The quantitative estimate of drug-likeness (QED) is 0.775. The lowest BCUT2D eigenvalue weighted by molar-refractivity contribution is -0.130. The van der Waals surface area contributed by atoms with E-state index >= 15 is 0 Å². The van der Waals surface area contributed by atoms with E-state index in [-0.39, 0.29) is 23.7 Å². The van der Waals surface area contributed by atoms with Crippen LogP contribution in [0.25, 0.3) is 0 Å². The van der Waals surface area contributed by atoms with E-state index in [4.69, 9.17) is 14.2 Å². The molecule has 28 heavy (non-hydrogen) atoms. The third-order valence-corrected chi connectivity index (χ3v) is 5.38. The van der Waals surface area contributed by atoms with Gasteiger partial charge in [0.05, 0.1) is 30.7 Å². The summed E-state index contributed by atoms with van der Waals surface area (Å²) < 4.78 is 11.0. The number of likely N-dealkylation sites (tertiary alicyclic amines) is 1. The maximum atomic E-state index is 12.8. The van der Waals surface area contributed by atoms with Gasteiger partial charge in [0, 0.05) is 44.9 Å². The van der Waals surface area contributed by atoms with Crippen LogP contribution in [0.3, 0.4) is 0 Å². The minimum Gasteiger partial charge on any atom is -0.376 e. The molecule has 2 aromatic rings. The Bertz CT molecular complexity index is 880. The lowest BCUT2D eigenvalue weighted by Gasteiger charge is -2.34. The first-order valence-electron chi connectivity index (χ1n) is 9.60. The second kappa shape index (κ2) is 7.12. The van der Waals surface area contributed by atoms with Crippen molar-refractivity contribution in [1.29, 1.82) is 0 Å². The lowest BCUT2D eigenvalue weighted by Crippen LogP contribution is -2.42. The lowest BCUT2D eigenvalue weighted by atomic mass is 9.80. The number of amides is 1. The van der Waals surface area contributed by atoms with Crippen LogP contribution in [0.15, 0.2) is 10.7 Å². The summed E-state index contributed by atoms with van der Waals surface area (Å²) in [5.41, 5.74) is 1.73. The molecule has 1 amide bonds. The van der Waals surface area contributed by atoms with Gasteiger partial charge in [-0.15, -0.1) is 0 Å². The summed E-state index contributed by atoms with van der Waals surface area (Å²) >= 11 is 0. The van der Waals surface area contributed by atoms with Gasteiger partial charge in [-0.1, -0.05) is 19.0 Å². The topological polar surface area (TPSA) is 97.5 Å². The van der Waals surface area contributed by atoms with E-state index in [0.29, 0.717) is 44.0 Å². The summed E-state index contributed by atoms with van der Waals surface area (Å²) in [6, 6.07) is 0. The van der Waals surface area contributed by atoms with E-state index in [9.17, 15) is 4.79 Å². The molecule has 9 nitrogen and oxygen atoms in total. The van der Waals surface area contributed by atoms with Gasteiger partial charge in [-0.2, -0.15) is 4.98 Å². The number of aromatic nitrogens is 4. The van der Waals surface area contributed by atoms with Gasteiger partial charge < -0.3 is 19.1 Å². The Labute approximate surface area is 164 Å². The molecule has 4 heterocycles. The summed E-state index contributed by atoms with van der Waals surface area (Å²) in [4.78, 5) is 30.1. The number of ether oxygens (including phenoxy) is 1. The van der Waals surface area contributed by atoms with Crippen molar-refractivity contribution in [3.05, 3.63) is 29.2 Å². The molecule has 9 heteroatoms. The maximum absolute atomic E-state index is 12.8. The zero-order chi connectivity index (χ0) is 19.9. The molecule has 1 saturated heterocycles. The molecule has 2 aliphatic heterocycles. The number of fused-ring (bicyclic) bond motifs is 2. The van der Waals surface area contributed by atoms with Crippen LogP contribution < -0.4 is 4.90 Å². The number of anilines is 1. The van der Waals surface area contributed by atoms with Crippen molar-refractivity contribution < 1.29 is 14.1 Å². The predicted molar refractivity (Wildman–Crippen MR) is 101 cm³/mol. The van der Waals surface area contributed by atoms with Gasteiger partial charge in [0.2, 0.25) is 17.7 Å². The molecule has 0 N–H and O–H groups in total. The molecule has 4 rings (SSSR count). The third kappa shape index (κ3) is 3.34. The minimum absolute atomic E-state index is 0.00185. The Hall–Kier alpha value is -2.55. The molecule has 0 bridgehead atoms. The summed E-state index contributed by atoms with van der Waals surface area (Å²) in [7, 11) is 3.85. The molecule has 2 aromatic heterocycles. The third-order valence-electron chi connectivity index (χ3n) is 5.38. The first kappa shape index (κ1) is 18.8. The van der Waals surface area contributed by atoms with Crippen molar-refractivity contribution in [2.45, 2.75) is 44.6 Å². The Balaban J connectivity index is 1.52. The molecule has 1 atom stereocenters. The van der Waals surface area contributed by atoms with Crippen LogP contribution in [0.1, 0.15) is 49.2 Å². The van der Waals surface area contributed by atoms with Crippen molar-refractivity contribution >= 4 is 11.9 Å². The SMILES string of the molecule is CC(C)c1nc(CC(=O)N2CC[C@@]3(COCc4cnc(N(C)C)nc43)C2)no1. The summed E-state index contributed by atoms with van der Waals surface area (Å²) in [6.45, 7) is 6.28. The summed E-state index contributed by atoms with van der Waals surface area (Å²) in [5, 5.41) is 3.94. The Kier molecular flexibility index (Phi) is 4.78. The van der Waals surface area contributed by atoms with Gasteiger partial charge >= 0.3 is 0 Å². The van der Waals surface area contributed by atoms with Crippen molar-refractivity contribution in [1.82, 2.24) is 25.0 Å². The zero-order valence-corrected chi connectivity index (χ0v) is 16.8. The van der Waals surface area contributed by atoms with Crippen LogP contribution >= 0.6 is 0 Å². The van der Waals surface area contributed by atoms with Crippen LogP contribution in [0, 0.1) is 0 Å². The first-order valence-corrected chi connectivity index (χ1v) is 9.60. The van der Waals surface area contributed by atoms with Crippen LogP contribution in [0.2, 0.25) is 0 Å². The second-order valence-electron chi connectivity index (χ2n) is 8.16. The Morgan fingerprint density at radius 2 is 2.18 bits per heavy atom. The fraction of sp³-hybridized carbons (Fsp3) is 0.632. The highest BCUT2D eigenvalue weighted by atomic mass is 16.5. The van der Waals surface area contributed by atoms with Gasteiger partial charge in [0.1, 0.15) is 0 Å². The molecule has 0 radical (unpaired) electrons. The fourth-order valence-electron chi connectivity index (χ4n) is 3.82. The largest absolute Gasteiger partial charge is 0.376 e. The first-order chi connectivity index (χ1) is 13.4. The molecule has 1 spiro atoms. The number of nitrogens with zero attached hydrogens (tertiary/aromatic N) is 6. The number of hydrogen-bond acceptors (Lipinski definition) is 8. The van der Waals surface area contributed by atoms with Crippen molar-refractivity contribution in [2.75, 3.05) is 38.7 Å². The van der Waals surface area contributed by atoms with Gasteiger partial charge in [0.15, 0.2) is 5.82 Å². The molecular weight excluding hydrogens is 360 g/mol. The molecule has 2 aliphatic rings. The molecular formula is C19H26N6O3. The van der Waals surface area contributed by atoms with Crippen LogP contribution in [0.5, 0.6) is 0 Å².